The van der Waals surface area contributed by atoms with Gasteiger partial charge in [0.15, 0.2) is 0 Å². The van der Waals surface area contributed by atoms with Crippen molar-refractivity contribution in [2.45, 2.75) is 83.0 Å². The molecule has 1 aliphatic heterocycles. The summed E-state index contributed by atoms with van der Waals surface area (Å²) in [6.07, 6.45) is 9.14. The Bertz CT molecular complexity index is 259. The second-order valence-corrected chi connectivity index (χ2v) is 6.95. The van der Waals surface area contributed by atoms with Gasteiger partial charge in [-0.15, -0.1) is 0 Å². The Morgan fingerprint density at radius 2 is 1.58 bits per heavy atom. The molecule has 1 aliphatic carbocycles. The minimum absolute atomic E-state index is 0.468. The SMILES string of the molecule is CC(C)N1CCCC(N(C)C2CCC(N)CC2)CC1. The van der Waals surface area contributed by atoms with Crippen molar-refractivity contribution < 1.29 is 0 Å². The van der Waals surface area contributed by atoms with Crippen LogP contribution in [-0.2, 0) is 0 Å². The van der Waals surface area contributed by atoms with Crippen LogP contribution in [0, 0.1) is 0 Å². The van der Waals surface area contributed by atoms with E-state index in [0.717, 1.165) is 12.1 Å². The fraction of sp³-hybridized carbons (Fsp3) is 1.00. The van der Waals surface area contributed by atoms with E-state index in [1.54, 1.807) is 0 Å². The molecule has 0 spiro atoms. The molecule has 1 unspecified atom stereocenters. The second kappa shape index (κ2) is 7.05. The molecule has 1 atom stereocenters. The van der Waals surface area contributed by atoms with Crippen LogP contribution in [-0.4, -0.2) is 54.1 Å². The number of nitrogens with two attached hydrogens (primary N) is 1. The Morgan fingerprint density at radius 1 is 0.947 bits per heavy atom. The monoisotopic (exact) mass is 267 g/mol. The maximum absolute atomic E-state index is 6.03. The van der Waals surface area contributed by atoms with E-state index in [4.69, 9.17) is 5.73 Å². The van der Waals surface area contributed by atoms with Crippen LogP contribution >= 0.6 is 0 Å². The Hall–Kier alpha value is -0.120. The van der Waals surface area contributed by atoms with Crippen molar-refractivity contribution in [3.63, 3.8) is 0 Å². The lowest BCUT2D eigenvalue weighted by Crippen LogP contribution is -2.44. The maximum atomic E-state index is 6.03. The van der Waals surface area contributed by atoms with Crippen LogP contribution < -0.4 is 5.73 Å². The van der Waals surface area contributed by atoms with Crippen molar-refractivity contribution in [2.24, 2.45) is 5.73 Å². The van der Waals surface area contributed by atoms with Crippen molar-refractivity contribution in [2.75, 3.05) is 20.1 Å². The summed E-state index contributed by atoms with van der Waals surface area (Å²) in [6.45, 7) is 7.22. The van der Waals surface area contributed by atoms with E-state index in [-0.39, 0.29) is 0 Å². The average molecular weight is 267 g/mol. The molecule has 1 saturated heterocycles. The summed E-state index contributed by atoms with van der Waals surface area (Å²) in [6, 6.07) is 2.76. The lowest BCUT2D eigenvalue weighted by molar-refractivity contribution is 0.119. The van der Waals surface area contributed by atoms with E-state index in [2.05, 4.69) is 30.7 Å². The molecule has 0 bridgehead atoms. The topological polar surface area (TPSA) is 32.5 Å². The number of hydrogen-bond acceptors (Lipinski definition) is 3. The highest BCUT2D eigenvalue weighted by molar-refractivity contribution is 4.85. The average Bonchev–Trinajstić information content (AvgIpc) is 2.64. The van der Waals surface area contributed by atoms with E-state index >= 15 is 0 Å². The number of rotatable bonds is 3. The summed E-state index contributed by atoms with van der Waals surface area (Å²) in [4.78, 5) is 5.33. The lowest BCUT2D eigenvalue weighted by atomic mass is 9.89. The largest absolute Gasteiger partial charge is 0.328 e. The lowest BCUT2D eigenvalue weighted by Gasteiger charge is -2.38. The van der Waals surface area contributed by atoms with Gasteiger partial charge in [-0.25, -0.2) is 0 Å². The predicted octanol–water partition coefficient (Wildman–Crippen LogP) is 2.45. The Labute approximate surface area is 119 Å². The van der Waals surface area contributed by atoms with Gasteiger partial charge < -0.3 is 15.5 Å². The van der Waals surface area contributed by atoms with Crippen molar-refractivity contribution in [1.29, 1.82) is 0 Å². The van der Waals surface area contributed by atoms with Crippen LogP contribution in [0.2, 0.25) is 0 Å². The van der Waals surface area contributed by atoms with Crippen molar-refractivity contribution in [3.8, 4) is 0 Å². The maximum Gasteiger partial charge on any atom is 0.0108 e. The predicted molar refractivity (Wildman–Crippen MR) is 82.3 cm³/mol. The highest BCUT2D eigenvalue weighted by Crippen LogP contribution is 2.26. The van der Waals surface area contributed by atoms with Gasteiger partial charge in [-0.3, -0.25) is 0 Å². The molecule has 3 heteroatoms. The highest BCUT2D eigenvalue weighted by atomic mass is 15.2. The molecule has 3 nitrogen and oxygen atoms in total. The summed E-state index contributed by atoms with van der Waals surface area (Å²) in [5, 5.41) is 0. The Balaban J connectivity index is 1.84. The molecule has 0 radical (unpaired) electrons. The van der Waals surface area contributed by atoms with Gasteiger partial charge in [0.05, 0.1) is 0 Å². The van der Waals surface area contributed by atoms with Gasteiger partial charge in [0.1, 0.15) is 0 Å². The van der Waals surface area contributed by atoms with Crippen LogP contribution in [0.4, 0.5) is 0 Å². The van der Waals surface area contributed by atoms with Crippen LogP contribution in [0.1, 0.15) is 58.8 Å². The summed E-state index contributed by atoms with van der Waals surface area (Å²) >= 11 is 0. The fourth-order valence-corrected chi connectivity index (χ4v) is 3.83. The Kier molecular flexibility index (Phi) is 5.67. The zero-order chi connectivity index (χ0) is 13.8. The van der Waals surface area contributed by atoms with Crippen molar-refractivity contribution >= 4 is 0 Å². The third kappa shape index (κ3) is 4.17. The first-order chi connectivity index (χ1) is 9.08. The molecular weight excluding hydrogens is 234 g/mol. The van der Waals surface area contributed by atoms with E-state index in [1.807, 2.05) is 0 Å². The van der Waals surface area contributed by atoms with Gasteiger partial charge in [0, 0.05) is 24.2 Å². The van der Waals surface area contributed by atoms with Crippen LogP contribution in [0.25, 0.3) is 0 Å². The number of hydrogen-bond donors (Lipinski definition) is 1. The first kappa shape index (κ1) is 15.3. The van der Waals surface area contributed by atoms with Crippen molar-refractivity contribution in [3.05, 3.63) is 0 Å². The smallest absolute Gasteiger partial charge is 0.0108 e. The van der Waals surface area contributed by atoms with Gasteiger partial charge >= 0.3 is 0 Å². The molecule has 112 valence electrons. The van der Waals surface area contributed by atoms with Gasteiger partial charge in [0.25, 0.3) is 0 Å². The van der Waals surface area contributed by atoms with E-state index in [9.17, 15) is 0 Å². The van der Waals surface area contributed by atoms with Crippen LogP contribution in [0.15, 0.2) is 0 Å². The first-order valence-electron chi connectivity index (χ1n) is 8.29. The third-order valence-corrected chi connectivity index (χ3v) is 5.36. The fourth-order valence-electron chi connectivity index (χ4n) is 3.83. The molecule has 19 heavy (non-hydrogen) atoms. The summed E-state index contributed by atoms with van der Waals surface area (Å²) < 4.78 is 0. The molecule has 2 rings (SSSR count). The number of nitrogens with zero attached hydrogens (tertiary/aromatic N) is 2. The summed E-state index contributed by atoms with van der Waals surface area (Å²) in [7, 11) is 2.36. The van der Waals surface area contributed by atoms with Crippen LogP contribution in [0.3, 0.4) is 0 Å². The second-order valence-electron chi connectivity index (χ2n) is 6.95. The van der Waals surface area contributed by atoms with Gasteiger partial charge in [-0.05, 0) is 78.9 Å². The molecule has 0 aromatic rings. The summed E-state index contributed by atoms with van der Waals surface area (Å²) in [5.74, 6) is 0. The first-order valence-corrected chi connectivity index (χ1v) is 8.29. The third-order valence-electron chi connectivity index (χ3n) is 5.36. The molecule has 1 heterocycles. The molecule has 2 N–H and O–H groups in total. The minimum atomic E-state index is 0.468. The molecule has 0 amide bonds. The minimum Gasteiger partial charge on any atom is -0.328 e. The number of likely N-dealkylation sites (tertiary alicyclic amines) is 1. The Morgan fingerprint density at radius 3 is 2.21 bits per heavy atom. The zero-order valence-electron chi connectivity index (χ0n) is 13.1. The molecule has 2 aliphatic rings. The van der Waals surface area contributed by atoms with E-state index in [1.165, 1.54) is 58.0 Å². The molecule has 0 aromatic heterocycles. The van der Waals surface area contributed by atoms with Crippen molar-refractivity contribution in [1.82, 2.24) is 9.80 Å². The normalized spacial score (nSPS) is 34.7. The quantitative estimate of drug-likeness (QED) is 0.852. The van der Waals surface area contributed by atoms with E-state index < -0.39 is 0 Å². The van der Waals surface area contributed by atoms with Gasteiger partial charge in [0.2, 0.25) is 0 Å². The standard InChI is InChI=1S/C16H33N3/c1-13(2)19-11-4-5-15(10-12-19)18(3)16-8-6-14(17)7-9-16/h13-16H,4-12,17H2,1-3H3. The van der Waals surface area contributed by atoms with Gasteiger partial charge in [-0.2, -0.15) is 0 Å². The highest BCUT2D eigenvalue weighted by Gasteiger charge is 2.28. The molecule has 0 aromatic carbocycles. The molecule has 2 fully saturated rings. The van der Waals surface area contributed by atoms with E-state index in [0.29, 0.717) is 12.1 Å². The molecule has 1 saturated carbocycles. The van der Waals surface area contributed by atoms with Gasteiger partial charge in [-0.1, -0.05) is 0 Å². The van der Waals surface area contributed by atoms with Crippen LogP contribution in [0.5, 0.6) is 0 Å². The molecular formula is C16H33N3. The zero-order valence-corrected chi connectivity index (χ0v) is 13.1. The summed E-state index contributed by atoms with van der Waals surface area (Å²) in [5.41, 5.74) is 6.03.